The largest absolute Gasteiger partial charge is 0.245 e. The molecule has 1 aromatic rings. The van der Waals surface area contributed by atoms with Crippen LogP contribution in [0.3, 0.4) is 0 Å². The van der Waals surface area contributed by atoms with E-state index in [1.165, 1.54) is 16.6 Å². The SMILES string of the molecule is CC(C)CCN(C)S(=O)(=O)c1cccnc1Cl. The molecule has 0 aliphatic carbocycles. The molecular formula is C11H17ClN2O2S. The fraction of sp³-hybridized carbons (Fsp3) is 0.545. The van der Waals surface area contributed by atoms with Gasteiger partial charge < -0.3 is 0 Å². The minimum absolute atomic E-state index is 0.0175. The predicted octanol–water partition coefficient (Wildman–Crippen LogP) is 2.40. The van der Waals surface area contributed by atoms with Crippen molar-refractivity contribution in [2.45, 2.75) is 25.2 Å². The van der Waals surface area contributed by atoms with E-state index in [2.05, 4.69) is 18.8 Å². The summed E-state index contributed by atoms with van der Waals surface area (Å²) in [6, 6.07) is 3.03. The van der Waals surface area contributed by atoms with Gasteiger partial charge in [-0.1, -0.05) is 25.4 Å². The lowest BCUT2D eigenvalue weighted by atomic mass is 10.1. The molecule has 1 heterocycles. The average Bonchev–Trinajstić information content (AvgIpc) is 2.26. The number of hydrogen-bond donors (Lipinski definition) is 0. The predicted molar refractivity (Wildman–Crippen MR) is 68.5 cm³/mol. The molecule has 0 radical (unpaired) electrons. The summed E-state index contributed by atoms with van der Waals surface area (Å²) in [6.45, 7) is 4.58. The summed E-state index contributed by atoms with van der Waals surface area (Å²) in [5.74, 6) is 0.456. The van der Waals surface area contributed by atoms with Crippen molar-refractivity contribution in [1.82, 2.24) is 9.29 Å². The lowest BCUT2D eigenvalue weighted by Crippen LogP contribution is -2.29. The van der Waals surface area contributed by atoms with Gasteiger partial charge in [0.15, 0.2) is 0 Å². The number of halogens is 1. The Hall–Kier alpha value is -0.650. The average molecular weight is 277 g/mol. The summed E-state index contributed by atoms with van der Waals surface area (Å²) in [5, 5.41) is 0.0175. The Bertz CT molecular complexity index is 474. The minimum atomic E-state index is -3.53. The van der Waals surface area contributed by atoms with Gasteiger partial charge in [0.2, 0.25) is 10.0 Å². The van der Waals surface area contributed by atoms with Gasteiger partial charge in [0, 0.05) is 19.8 Å². The van der Waals surface area contributed by atoms with Gasteiger partial charge >= 0.3 is 0 Å². The maximum atomic E-state index is 12.2. The summed E-state index contributed by atoms with van der Waals surface area (Å²) in [6.07, 6.45) is 2.28. The standard InChI is InChI=1S/C11H17ClN2O2S/c1-9(2)6-8-14(3)17(15,16)10-5-4-7-13-11(10)12/h4-5,7,9H,6,8H2,1-3H3. The molecular weight excluding hydrogens is 260 g/mol. The van der Waals surface area contributed by atoms with Gasteiger partial charge in [-0.2, -0.15) is 0 Å². The first-order chi connectivity index (χ1) is 7.85. The van der Waals surface area contributed by atoms with Crippen LogP contribution in [-0.4, -0.2) is 31.3 Å². The summed E-state index contributed by atoms with van der Waals surface area (Å²) in [5.41, 5.74) is 0. The van der Waals surface area contributed by atoms with Crippen LogP contribution in [0.4, 0.5) is 0 Å². The first-order valence-electron chi connectivity index (χ1n) is 5.42. The van der Waals surface area contributed by atoms with Crippen LogP contribution >= 0.6 is 11.6 Å². The second-order valence-corrected chi connectivity index (χ2v) is 6.67. The number of hydrogen-bond acceptors (Lipinski definition) is 3. The molecule has 0 fully saturated rings. The van der Waals surface area contributed by atoms with Crippen molar-refractivity contribution in [2.24, 2.45) is 5.92 Å². The molecule has 0 N–H and O–H groups in total. The van der Waals surface area contributed by atoms with E-state index in [-0.39, 0.29) is 10.0 Å². The van der Waals surface area contributed by atoms with Crippen molar-refractivity contribution in [3.05, 3.63) is 23.5 Å². The van der Waals surface area contributed by atoms with Crippen LogP contribution in [-0.2, 0) is 10.0 Å². The lowest BCUT2D eigenvalue weighted by Gasteiger charge is -2.18. The third-order valence-electron chi connectivity index (χ3n) is 2.43. The van der Waals surface area contributed by atoms with Crippen molar-refractivity contribution in [3.63, 3.8) is 0 Å². The second kappa shape index (κ2) is 5.80. The molecule has 0 bridgehead atoms. The van der Waals surface area contributed by atoms with Crippen LogP contribution in [0.25, 0.3) is 0 Å². The molecule has 4 nitrogen and oxygen atoms in total. The van der Waals surface area contributed by atoms with E-state index in [0.717, 1.165) is 6.42 Å². The van der Waals surface area contributed by atoms with Crippen LogP contribution in [0.5, 0.6) is 0 Å². The molecule has 96 valence electrons. The molecule has 6 heteroatoms. The number of rotatable bonds is 5. The quantitative estimate of drug-likeness (QED) is 0.776. The molecule has 0 aliphatic rings. The van der Waals surface area contributed by atoms with Crippen LogP contribution in [0, 0.1) is 5.92 Å². The molecule has 0 aliphatic heterocycles. The highest BCUT2D eigenvalue weighted by molar-refractivity contribution is 7.89. The van der Waals surface area contributed by atoms with E-state index < -0.39 is 10.0 Å². The van der Waals surface area contributed by atoms with Crippen LogP contribution < -0.4 is 0 Å². The fourth-order valence-electron chi connectivity index (χ4n) is 1.29. The van der Waals surface area contributed by atoms with Gasteiger partial charge in [0.1, 0.15) is 10.0 Å². The maximum absolute atomic E-state index is 12.2. The van der Waals surface area contributed by atoms with Gasteiger partial charge in [-0.15, -0.1) is 0 Å². The van der Waals surface area contributed by atoms with Gasteiger partial charge in [-0.3, -0.25) is 0 Å². The molecule has 0 spiro atoms. The van der Waals surface area contributed by atoms with E-state index in [1.54, 1.807) is 13.1 Å². The van der Waals surface area contributed by atoms with Gasteiger partial charge in [-0.05, 0) is 24.5 Å². The van der Waals surface area contributed by atoms with Crippen molar-refractivity contribution < 1.29 is 8.42 Å². The highest BCUT2D eigenvalue weighted by Crippen LogP contribution is 2.21. The van der Waals surface area contributed by atoms with Gasteiger partial charge in [0.05, 0.1) is 0 Å². The van der Waals surface area contributed by atoms with Gasteiger partial charge in [0.25, 0.3) is 0 Å². The van der Waals surface area contributed by atoms with Crippen LogP contribution in [0.2, 0.25) is 5.15 Å². The first-order valence-corrected chi connectivity index (χ1v) is 7.24. The molecule has 1 aromatic heterocycles. The van der Waals surface area contributed by atoms with Gasteiger partial charge in [-0.25, -0.2) is 17.7 Å². The summed E-state index contributed by atoms with van der Waals surface area (Å²) in [4.78, 5) is 3.85. The van der Waals surface area contributed by atoms with E-state index in [0.29, 0.717) is 12.5 Å². The molecule has 0 aromatic carbocycles. The Labute approximate surface area is 108 Å². The van der Waals surface area contributed by atoms with Crippen LogP contribution in [0.1, 0.15) is 20.3 Å². The lowest BCUT2D eigenvalue weighted by molar-refractivity contribution is 0.428. The minimum Gasteiger partial charge on any atom is -0.243 e. The van der Waals surface area contributed by atoms with Crippen molar-refractivity contribution >= 4 is 21.6 Å². The zero-order chi connectivity index (χ0) is 13.1. The van der Waals surface area contributed by atoms with E-state index >= 15 is 0 Å². The Morgan fingerprint density at radius 1 is 1.47 bits per heavy atom. The van der Waals surface area contributed by atoms with E-state index in [1.807, 2.05) is 0 Å². The molecule has 0 amide bonds. The third-order valence-corrected chi connectivity index (χ3v) is 4.74. The third kappa shape index (κ3) is 3.66. The topological polar surface area (TPSA) is 50.3 Å². The van der Waals surface area contributed by atoms with Crippen molar-refractivity contribution in [1.29, 1.82) is 0 Å². The highest BCUT2D eigenvalue weighted by Gasteiger charge is 2.23. The first kappa shape index (κ1) is 14.4. The van der Waals surface area contributed by atoms with E-state index in [4.69, 9.17) is 11.6 Å². The monoisotopic (exact) mass is 276 g/mol. The summed E-state index contributed by atoms with van der Waals surface area (Å²) >= 11 is 5.80. The Morgan fingerprint density at radius 2 is 2.12 bits per heavy atom. The smallest absolute Gasteiger partial charge is 0.243 e. The molecule has 0 saturated carbocycles. The maximum Gasteiger partial charge on any atom is 0.245 e. The Balaban J connectivity index is 2.92. The van der Waals surface area contributed by atoms with E-state index in [9.17, 15) is 8.42 Å². The molecule has 1 rings (SSSR count). The number of pyridine rings is 1. The van der Waals surface area contributed by atoms with Crippen molar-refractivity contribution in [3.8, 4) is 0 Å². The number of nitrogens with zero attached hydrogens (tertiary/aromatic N) is 2. The molecule has 17 heavy (non-hydrogen) atoms. The molecule has 0 saturated heterocycles. The highest BCUT2D eigenvalue weighted by atomic mass is 35.5. The second-order valence-electron chi connectivity index (χ2n) is 4.30. The zero-order valence-electron chi connectivity index (χ0n) is 10.2. The summed E-state index contributed by atoms with van der Waals surface area (Å²) in [7, 11) is -1.97. The molecule has 0 unspecified atom stereocenters. The summed E-state index contributed by atoms with van der Waals surface area (Å²) < 4.78 is 25.6. The molecule has 0 atom stereocenters. The zero-order valence-corrected chi connectivity index (χ0v) is 11.8. The number of aromatic nitrogens is 1. The number of sulfonamides is 1. The Morgan fingerprint density at radius 3 is 2.65 bits per heavy atom. The Kier molecular flexibility index (Phi) is 4.91. The fourth-order valence-corrected chi connectivity index (χ4v) is 2.90. The normalized spacial score (nSPS) is 12.4. The van der Waals surface area contributed by atoms with Crippen molar-refractivity contribution in [2.75, 3.05) is 13.6 Å². The van der Waals surface area contributed by atoms with Crippen LogP contribution in [0.15, 0.2) is 23.2 Å².